The molecule has 0 aliphatic carbocycles. The van der Waals surface area contributed by atoms with Gasteiger partial charge in [-0.3, -0.25) is 14.3 Å². The van der Waals surface area contributed by atoms with Gasteiger partial charge in [-0.1, -0.05) is 0 Å². The number of nitrogens with zero attached hydrogens (tertiary/aromatic N) is 3. The summed E-state index contributed by atoms with van der Waals surface area (Å²) in [5.74, 6) is 0.674. The molecule has 0 saturated carbocycles. The Bertz CT molecular complexity index is 1540. The predicted octanol–water partition coefficient (Wildman–Crippen LogP) is 5.30. The average Bonchev–Trinajstić information content (AvgIpc) is 3.31. The molecule has 5 rings (SSSR count). The Balaban J connectivity index is 1.14. The van der Waals surface area contributed by atoms with E-state index < -0.39 is 11.7 Å². The number of hydrogen-bond donors (Lipinski definition) is 1. The van der Waals surface area contributed by atoms with Crippen LogP contribution in [0, 0.1) is 12.8 Å². The molecular weight excluding hydrogens is 537 g/mol. The normalized spacial score (nSPS) is 13.7. The summed E-state index contributed by atoms with van der Waals surface area (Å²) >= 11 is 0. The van der Waals surface area contributed by atoms with Gasteiger partial charge in [0.1, 0.15) is 11.5 Å². The first-order valence-corrected chi connectivity index (χ1v) is 13.1. The number of benzene rings is 3. The van der Waals surface area contributed by atoms with E-state index in [1.807, 2.05) is 29.9 Å². The maximum atomic E-state index is 12.9. The van der Waals surface area contributed by atoms with Crippen LogP contribution in [0.15, 0.2) is 66.9 Å². The smallest absolute Gasteiger partial charge is 0.416 e. The molecule has 1 aliphatic heterocycles. The number of amides is 2. The zero-order valence-corrected chi connectivity index (χ0v) is 22.6. The van der Waals surface area contributed by atoms with Crippen LogP contribution >= 0.6 is 0 Å². The minimum absolute atomic E-state index is 0.104. The van der Waals surface area contributed by atoms with Crippen LogP contribution in [0.1, 0.15) is 31.8 Å². The number of methoxy groups -OCH3 is 1. The summed E-state index contributed by atoms with van der Waals surface area (Å²) in [7, 11) is 1.58. The molecule has 1 aromatic heterocycles. The summed E-state index contributed by atoms with van der Waals surface area (Å²) in [5.41, 5.74) is 2.00. The maximum Gasteiger partial charge on any atom is 0.416 e. The highest BCUT2D eigenvalue weighted by Gasteiger charge is 2.32. The second-order valence-electron chi connectivity index (χ2n) is 10.1. The van der Waals surface area contributed by atoms with E-state index in [1.54, 1.807) is 36.3 Å². The third kappa shape index (κ3) is 6.51. The van der Waals surface area contributed by atoms with Crippen LogP contribution in [0.25, 0.3) is 10.9 Å². The molecule has 11 heteroatoms. The summed E-state index contributed by atoms with van der Waals surface area (Å²) < 4.78 is 50.7. The van der Waals surface area contributed by atoms with Crippen LogP contribution in [-0.2, 0) is 17.5 Å². The van der Waals surface area contributed by atoms with Crippen molar-refractivity contribution in [3.63, 3.8) is 0 Å². The lowest BCUT2D eigenvalue weighted by Gasteiger charge is -2.39. The molecule has 1 aliphatic rings. The Kier molecular flexibility index (Phi) is 7.98. The Hall–Kier alpha value is -4.38. The number of fused-ring (bicyclic) bond motifs is 1. The van der Waals surface area contributed by atoms with Crippen molar-refractivity contribution in [2.75, 3.05) is 33.4 Å². The zero-order chi connectivity index (χ0) is 29.1. The third-order valence-corrected chi connectivity index (χ3v) is 6.94. The Morgan fingerprint density at radius 3 is 2.32 bits per heavy atom. The Labute approximate surface area is 234 Å². The third-order valence-electron chi connectivity index (χ3n) is 6.94. The predicted molar refractivity (Wildman–Crippen MR) is 146 cm³/mol. The molecule has 1 saturated heterocycles. The summed E-state index contributed by atoms with van der Waals surface area (Å²) in [6.07, 6.45) is -2.49. The molecule has 8 nitrogen and oxygen atoms in total. The standard InChI is InChI=1S/C30H29F3N4O4/c1-19-13-27-22(14-26(19)28(38)34-11-12-40-2)18-37(35-27)17-20-15-36(16-20)29(39)21-3-7-24(8-4-21)41-25-9-5-23(6-10-25)30(31,32)33/h3-10,13-14,18,20H,11-12,15-17H2,1-2H3,(H,34,38). The monoisotopic (exact) mass is 566 g/mol. The molecule has 1 fully saturated rings. The largest absolute Gasteiger partial charge is 0.457 e. The molecule has 41 heavy (non-hydrogen) atoms. The highest BCUT2D eigenvalue weighted by atomic mass is 19.4. The molecule has 0 radical (unpaired) electrons. The number of carbonyl (C=O) groups is 2. The van der Waals surface area contributed by atoms with Crippen molar-refractivity contribution in [1.82, 2.24) is 20.0 Å². The second-order valence-corrected chi connectivity index (χ2v) is 10.1. The van der Waals surface area contributed by atoms with E-state index in [9.17, 15) is 22.8 Å². The van der Waals surface area contributed by atoms with E-state index in [0.29, 0.717) is 49.7 Å². The first kappa shape index (κ1) is 28.2. The summed E-state index contributed by atoms with van der Waals surface area (Å²) in [6, 6.07) is 14.7. The summed E-state index contributed by atoms with van der Waals surface area (Å²) in [6.45, 7) is 4.58. The first-order valence-electron chi connectivity index (χ1n) is 13.1. The van der Waals surface area contributed by atoms with Gasteiger partial charge in [0.2, 0.25) is 0 Å². The number of rotatable bonds is 9. The number of halogens is 3. The topological polar surface area (TPSA) is 85.7 Å². The van der Waals surface area contributed by atoms with Crippen LogP contribution in [0.5, 0.6) is 11.5 Å². The number of nitrogens with one attached hydrogen (secondary N) is 1. The quantitative estimate of drug-likeness (QED) is 0.278. The van der Waals surface area contributed by atoms with E-state index in [2.05, 4.69) is 10.4 Å². The van der Waals surface area contributed by atoms with Crippen molar-refractivity contribution in [2.24, 2.45) is 5.92 Å². The maximum absolute atomic E-state index is 12.9. The van der Waals surface area contributed by atoms with Crippen LogP contribution in [-0.4, -0.2) is 59.8 Å². The molecule has 0 atom stereocenters. The van der Waals surface area contributed by atoms with Crippen LogP contribution in [0.4, 0.5) is 13.2 Å². The highest BCUT2D eigenvalue weighted by Crippen LogP contribution is 2.31. The van der Waals surface area contributed by atoms with E-state index >= 15 is 0 Å². The fraction of sp³-hybridized carbons (Fsp3) is 0.300. The molecule has 0 unspecified atom stereocenters. The molecule has 1 N–H and O–H groups in total. The van der Waals surface area contributed by atoms with Gasteiger partial charge in [-0.25, -0.2) is 0 Å². The van der Waals surface area contributed by atoms with E-state index in [4.69, 9.17) is 9.47 Å². The number of likely N-dealkylation sites (tertiary alicyclic amines) is 1. The van der Waals surface area contributed by atoms with Crippen LogP contribution in [0.2, 0.25) is 0 Å². The van der Waals surface area contributed by atoms with Crippen LogP contribution in [0.3, 0.4) is 0 Å². The van der Waals surface area contributed by atoms with Gasteiger partial charge in [-0.2, -0.15) is 18.3 Å². The molecule has 0 spiro atoms. The van der Waals surface area contributed by atoms with Crippen molar-refractivity contribution < 1.29 is 32.2 Å². The minimum Gasteiger partial charge on any atom is -0.457 e. The number of hydrogen-bond acceptors (Lipinski definition) is 5. The van der Waals surface area contributed by atoms with Gasteiger partial charge in [0.15, 0.2) is 0 Å². The number of aromatic nitrogens is 2. The van der Waals surface area contributed by atoms with Crippen molar-refractivity contribution in [3.8, 4) is 11.5 Å². The molecule has 2 heterocycles. The van der Waals surface area contributed by atoms with Gasteiger partial charge in [-0.15, -0.1) is 0 Å². The number of alkyl halides is 3. The van der Waals surface area contributed by atoms with Gasteiger partial charge in [0.25, 0.3) is 11.8 Å². The van der Waals surface area contributed by atoms with Gasteiger partial charge >= 0.3 is 6.18 Å². The summed E-state index contributed by atoms with van der Waals surface area (Å²) in [4.78, 5) is 27.2. The van der Waals surface area contributed by atoms with E-state index in [0.717, 1.165) is 28.6 Å². The second kappa shape index (κ2) is 11.6. The number of aryl methyl sites for hydroxylation is 1. The van der Waals surface area contributed by atoms with Crippen molar-refractivity contribution in [3.05, 3.63) is 89.1 Å². The van der Waals surface area contributed by atoms with Crippen molar-refractivity contribution in [1.29, 1.82) is 0 Å². The minimum atomic E-state index is -4.41. The Morgan fingerprint density at radius 1 is 1.02 bits per heavy atom. The lowest BCUT2D eigenvalue weighted by atomic mass is 9.99. The molecule has 2 amide bonds. The number of ether oxygens (including phenoxy) is 2. The molecule has 4 aromatic rings. The van der Waals surface area contributed by atoms with Gasteiger partial charge in [0, 0.05) is 61.9 Å². The molecule has 0 bridgehead atoms. The average molecular weight is 567 g/mol. The first-order chi connectivity index (χ1) is 19.6. The van der Waals surface area contributed by atoms with Crippen LogP contribution < -0.4 is 10.1 Å². The highest BCUT2D eigenvalue weighted by molar-refractivity contribution is 5.99. The molecular formula is C30H29F3N4O4. The van der Waals surface area contributed by atoms with Gasteiger partial charge in [-0.05, 0) is 73.2 Å². The molecule has 214 valence electrons. The summed E-state index contributed by atoms with van der Waals surface area (Å²) in [5, 5.41) is 8.37. The SMILES string of the molecule is COCCNC(=O)c1cc2cn(CC3CN(C(=O)c4ccc(Oc5ccc(C(F)(F)F)cc5)cc4)C3)nc2cc1C. The zero-order valence-electron chi connectivity index (χ0n) is 22.6. The van der Waals surface area contributed by atoms with Gasteiger partial charge in [0.05, 0.1) is 17.7 Å². The van der Waals surface area contributed by atoms with E-state index in [-0.39, 0.29) is 23.5 Å². The van der Waals surface area contributed by atoms with Gasteiger partial charge < -0.3 is 19.7 Å². The lowest BCUT2D eigenvalue weighted by molar-refractivity contribution is -0.137. The van der Waals surface area contributed by atoms with Crippen molar-refractivity contribution >= 4 is 22.7 Å². The lowest BCUT2D eigenvalue weighted by Crippen LogP contribution is -2.51. The fourth-order valence-electron chi connectivity index (χ4n) is 4.74. The Morgan fingerprint density at radius 2 is 1.68 bits per heavy atom. The fourth-order valence-corrected chi connectivity index (χ4v) is 4.74. The molecule has 3 aromatic carbocycles. The van der Waals surface area contributed by atoms with E-state index in [1.165, 1.54) is 12.1 Å². The number of carbonyl (C=O) groups excluding carboxylic acids is 2. The van der Waals surface area contributed by atoms with Crippen molar-refractivity contribution in [2.45, 2.75) is 19.6 Å².